The van der Waals surface area contributed by atoms with Gasteiger partial charge in [-0.15, -0.1) is 0 Å². The van der Waals surface area contributed by atoms with Gasteiger partial charge in [-0.05, 0) is 44.1 Å². The first-order chi connectivity index (χ1) is 7.74. The lowest BCUT2D eigenvalue weighted by atomic mass is 10.2. The maximum atomic E-state index is 5.88. The van der Waals surface area contributed by atoms with E-state index in [-0.39, 0.29) is 0 Å². The second kappa shape index (κ2) is 5.67. The van der Waals surface area contributed by atoms with E-state index in [1.165, 1.54) is 18.5 Å². The molecule has 1 atom stereocenters. The van der Waals surface area contributed by atoms with Gasteiger partial charge in [-0.3, -0.25) is 4.90 Å². The molecule has 88 valence electrons. The van der Waals surface area contributed by atoms with E-state index >= 15 is 0 Å². The molecule has 2 rings (SSSR count). The van der Waals surface area contributed by atoms with Crippen LogP contribution in [0.25, 0.3) is 0 Å². The van der Waals surface area contributed by atoms with Gasteiger partial charge in [0, 0.05) is 24.2 Å². The van der Waals surface area contributed by atoms with Crippen molar-refractivity contribution in [1.82, 2.24) is 10.2 Å². The lowest BCUT2D eigenvalue weighted by Gasteiger charge is -2.22. The van der Waals surface area contributed by atoms with Gasteiger partial charge >= 0.3 is 0 Å². The summed E-state index contributed by atoms with van der Waals surface area (Å²) in [4.78, 5) is 2.51. The smallest absolute Gasteiger partial charge is 0.0406 e. The van der Waals surface area contributed by atoms with Gasteiger partial charge in [-0.2, -0.15) is 0 Å². The average Bonchev–Trinajstić information content (AvgIpc) is 2.46. The molecule has 3 heteroatoms. The number of rotatable bonds is 2. The Morgan fingerprint density at radius 3 is 2.88 bits per heavy atom. The topological polar surface area (TPSA) is 15.3 Å². The van der Waals surface area contributed by atoms with Crippen LogP contribution < -0.4 is 5.32 Å². The monoisotopic (exact) mass is 238 g/mol. The summed E-state index contributed by atoms with van der Waals surface area (Å²) in [7, 11) is 0. The van der Waals surface area contributed by atoms with E-state index in [1.807, 2.05) is 12.1 Å². The van der Waals surface area contributed by atoms with Crippen LogP contribution in [0.1, 0.15) is 18.9 Å². The third kappa shape index (κ3) is 3.48. The molecule has 0 amide bonds. The van der Waals surface area contributed by atoms with Crippen LogP contribution in [0.2, 0.25) is 5.02 Å². The number of hydrogen-bond donors (Lipinski definition) is 1. The van der Waals surface area contributed by atoms with Crippen LogP contribution in [0.3, 0.4) is 0 Å². The number of halogens is 1. The molecule has 0 radical (unpaired) electrons. The van der Waals surface area contributed by atoms with E-state index in [9.17, 15) is 0 Å². The highest BCUT2D eigenvalue weighted by molar-refractivity contribution is 6.30. The Balaban J connectivity index is 1.95. The Labute approximate surface area is 103 Å². The molecule has 1 unspecified atom stereocenters. The van der Waals surface area contributed by atoms with E-state index in [1.54, 1.807) is 0 Å². The summed E-state index contributed by atoms with van der Waals surface area (Å²) < 4.78 is 0. The summed E-state index contributed by atoms with van der Waals surface area (Å²) >= 11 is 5.88. The van der Waals surface area contributed by atoms with Crippen molar-refractivity contribution in [2.75, 3.05) is 19.6 Å². The van der Waals surface area contributed by atoms with Gasteiger partial charge in [0.25, 0.3) is 0 Å². The van der Waals surface area contributed by atoms with Crippen LogP contribution >= 0.6 is 11.6 Å². The molecule has 0 spiro atoms. The molecule has 1 aromatic carbocycles. The maximum Gasteiger partial charge on any atom is 0.0406 e. The fraction of sp³-hybridized carbons (Fsp3) is 0.538. The van der Waals surface area contributed by atoms with Crippen LogP contribution in [-0.2, 0) is 6.54 Å². The molecule has 0 saturated carbocycles. The molecule has 2 nitrogen and oxygen atoms in total. The maximum absolute atomic E-state index is 5.88. The van der Waals surface area contributed by atoms with Crippen molar-refractivity contribution in [3.8, 4) is 0 Å². The quantitative estimate of drug-likeness (QED) is 0.852. The van der Waals surface area contributed by atoms with Crippen molar-refractivity contribution in [2.45, 2.75) is 25.9 Å². The van der Waals surface area contributed by atoms with Crippen molar-refractivity contribution < 1.29 is 0 Å². The van der Waals surface area contributed by atoms with E-state index in [0.29, 0.717) is 6.04 Å². The molecule has 0 aromatic heterocycles. The Hall–Kier alpha value is -0.570. The lowest BCUT2D eigenvalue weighted by Crippen LogP contribution is -2.34. The highest BCUT2D eigenvalue weighted by Crippen LogP contribution is 2.12. The summed E-state index contributed by atoms with van der Waals surface area (Å²) in [5.74, 6) is 0. The van der Waals surface area contributed by atoms with Crippen molar-refractivity contribution in [2.24, 2.45) is 0 Å². The van der Waals surface area contributed by atoms with Gasteiger partial charge in [0.1, 0.15) is 0 Å². The summed E-state index contributed by atoms with van der Waals surface area (Å²) in [5.41, 5.74) is 1.35. The fourth-order valence-corrected chi connectivity index (χ4v) is 2.31. The normalized spacial score (nSPS) is 23.0. The molecule has 1 heterocycles. The molecule has 0 bridgehead atoms. The third-order valence-electron chi connectivity index (χ3n) is 3.00. The molecule has 1 N–H and O–H groups in total. The van der Waals surface area contributed by atoms with Crippen molar-refractivity contribution in [3.05, 3.63) is 34.9 Å². The van der Waals surface area contributed by atoms with Gasteiger partial charge in [-0.1, -0.05) is 23.7 Å². The first-order valence-electron chi connectivity index (χ1n) is 5.94. The molecule has 0 aliphatic carbocycles. The van der Waals surface area contributed by atoms with Gasteiger partial charge in [0.15, 0.2) is 0 Å². The zero-order valence-corrected chi connectivity index (χ0v) is 10.5. The van der Waals surface area contributed by atoms with Gasteiger partial charge in [0.2, 0.25) is 0 Å². The first kappa shape index (κ1) is 11.9. The third-order valence-corrected chi connectivity index (χ3v) is 3.25. The predicted molar refractivity (Wildman–Crippen MR) is 68.8 cm³/mol. The molecule has 1 aliphatic heterocycles. The van der Waals surface area contributed by atoms with Crippen molar-refractivity contribution >= 4 is 11.6 Å². The van der Waals surface area contributed by atoms with Crippen LogP contribution in [0.5, 0.6) is 0 Å². The Morgan fingerprint density at radius 1 is 1.38 bits per heavy atom. The van der Waals surface area contributed by atoms with Crippen molar-refractivity contribution in [1.29, 1.82) is 0 Å². The summed E-state index contributed by atoms with van der Waals surface area (Å²) in [6.45, 7) is 6.73. The fourth-order valence-electron chi connectivity index (χ4n) is 2.19. The van der Waals surface area contributed by atoms with Crippen LogP contribution in [0.4, 0.5) is 0 Å². The zero-order valence-electron chi connectivity index (χ0n) is 9.75. The molecular formula is C13H19ClN2. The van der Waals surface area contributed by atoms with Crippen LogP contribution in [0.15, 0.2) is 24.3 Å². The van der Waals surface area contributed by atoms with Crippen molar-refractivity contribution in [3.63, 3.8) is 0 Å². The van der Waals surface area contributed by atoms with Crippen LogP contribution in [-0.4, -0.2) is 30.6 Å². The second-order valence-corrected chi connectivity index (χ2v) is 5.01. The standard InChI is InChI=1S/C13H19ClN2/c1-11-9-16(8-2-7-15-11)10-12-3-5-13(14)6-4-12/h3-6,11,15H,2,7-10H2,1H3. The Bertz CT molecular complexity index is 323. The lowest BCUT2D eigenvalue weighted by molar-refractivity contribution is 0.265. The van der Waals surface area contributed by atoms with Crippen LogP contribution in [0, 0.1) is 0 Å². The minimum absolute atomic E-state index is 0.592. The van der Waals surface area contributed by atoms with E-state index in [0.717, 1.165) is 24.7 Å². The molecule has 1 saturated heterocycles. The molecule has 1 aromatic rings. The number of nitrogens with one attached hydrogen (secondary N) is 1. The SMILES string of the molecule is CC1CN(Cc2ccc(Cl)cc2)CCCN1. The number of hydrogen-bond acceptors (Lipinski definition) is 2. The number of benzene rings is 1. The summed E-state index contributed by atoms with van der Waals surface area (Å²) in [5, 5.41) is 4.32. The minimum Gasteiger partial charge on any atom is -0.313 e. The van der Waals surface area contributed by atoms with Gasteiger partial charge < -0.3 is 5.32 Å². The molecule has 1 aliphatic rings. The first-order valence-corrected chi connectivity index (χ1v) is 6.32. The van der Waals surface area contributed by atoms with E-state index in [2.05, 4.69) is 29.3 Å². The highest BCUT2D eigenvalue weighted by Gasteiger charge is 2.13. The van der Waals surface area contributed by atoms with E-state index in [4.69, 9.17) is 11.6 Å². The predicted octanol–water partition coefficient (Wildman–Crippen LogP) is 2.52. The molecular weight excluding hydrogens is 220 g/mol. The Kier molecular flexibility index (Phi) is 4.22. The molecule has 1 fully saturated rings. The van der Waals surface area contributed by atoms with E-state index < -0.39 is 0 Å². The largest absolute Gasteiger partial charge is 0.313 e. The highest BCUT2D eigenvalue weighted by atomic mass is 35.5. The van der Waals surface area contributed by atoms with Gasteiger partial charge in [0.05, 0.1) is 0 Å². The molecule has 16 heavy (non-hydrogen) atoms. The van der Waals surface area contributed by atoms with Gasteiger partial charge in [-0.25, -0.2) is 0 Å². The Morgan fingerprint density at radius 2 is 2.12 bits per heavy atom. The zero-order chi connectivity index (χ0) is 11.4. The number of nitrogens with zero attached hydrogens (tertiary/aromatic N) is 1. The minimum atomic E-state index is 0.592. The summed E-state index contributed by atoms with van der Waals surface area (Å²) in [6.07, 6.45) is 1.23. The summed E-state index contributed by atoms with van der Waals surface area (Å²) in [6, 6.07) is 8.76. The second-order valence-electron chi connectivity index (χ2n) is 4.57. The average molecular weight is 239 g/mol.